The van der Waals surface area contributed by atoms with E-state index in [1.165, 1.54) is 0 Å². The Bertz CT molecular complexity index is 414. The molecular weight excluding hydrogens is 216 g/mol. The molecule has 17 heavy (non-hydrogen) atoms. The fraction of sp³-hybridized carbons (Fsp3) is 0.385. The Balaban J connectivity index is 2.88. The van der Waals surface area contributed by atoms with Gasteiger partial charge in [-0.25, -0.2) is 0 Å². The maximum atomic E-state index is 11.8. The van der Waals surface area contributed by atoms with Gasteiger partial charge in [-0.2, -0.15) is 0 Å². The number of carbonyl (C=O) groups excluding carboxylic acids is 2. The van der Waals surface area contributed by atoms with Crippen molar-refractivity contribution < 1.29 is 9.59 Å². The molecule has 92 valence electrons. The Morgan fingerprint density at radius 3 is 2.65 bits per heavy atom. The van der Waals surface area contributed by atoms with Gasteiger partial charge in [-0.15, -0.1) is 0 Å². The van der Waals surface area contributed by atoms with E-state index in [2.05, 4.69) is 10.6 Å². The van der Waals surface area contributed by atoms with E-state index in [0.29, 0.717) is 18.5 Å². The monoisotopic (exact) mass is 234 g/mol. The largest absolute Gasteiger partial charge is 0.355 e. The van der Waals surface area contributed by atoms with Gasteiger partial charge < -0.3 is 10.6 Å². The van der Waals surface area contributed by atoms with Crippen LogP contribution in [0.1, 0.15) is 35.3 Å². The molecule has 0 fully saturated rings. The zero-order valence-corrected chi connectivity index (χ0v) is 10.4. The highest BCUT2D eigenvalue weighted by Gasteiger charge is 2.08. The summed E-state index contributed by atoms with van der Waals surface area (Å²) in [5.74, 6) is -0.0870. The first-order valence-corrected chi connectivity index (χ1v) is 5.61. The summed E-state index contributed by atoms with van der Waals surface area (Å²) in [7, 11) is 0. The van der Waals surface area contributed by atoms with E-state index in [4.69, 9.17) is 0 Å². The highest BCUT2D eigenvalue weighted by Crippen LogP contribution is 2.10. The van der Waals surface area contributed by atoms with Crippen molar-refractivity contribution in [3.05, 3.63) is 34.9 Å². The predicted molar refractivity (Wildman–Crippen MR) is 66.7 cm³/mol. The van der Waals surface area contributed by atoms with Gasteiger partial charge in [-0.05, 0) is 44.0 Å². The second kappa shape index (κ2) is 6.03. The molecule has 0 unspecified atom stereocenters. The molecule has 0 aliphatic carbocycles. The number of benzene rings is 1. The van der Waals surface area contributed by atoms with Gasteiger partial charge in [-0.1, -0.05) is 6.07 Å². The third-order valence-electron chi connectivity index (χ3n) is 2.21. The summed E-state index contributed by atoms with van der Waals surface area (Å²) in [5, 5.41) is 5.43. The average molecular weight is 234 g/mol. The minimum Gasteiger partial charge on any atom is -0.355 e. The highest BCUT2D eigenvalue weighted by molar-refractivity contribution is 5.94. The van der Waals surface area contributed by atoms with Gasteiger partial charge in [-0.3, -0.25) is 9.59 Å². The molecule has 2 amide bonds. The summed E-state index contributed by atoms with van der Waals surface area (Å²) in [6.45, 7) is 6.20. The molecular formula is C13H18N2O2. The molecule has 0 radical (unpaired) electrons. The molecule has 1 rings (SSSR count). The van der Waals surface area contributed by atoms with Crippen LogP contribution in [0.2, 0.25) is 0 Å². The van der Waals surface area contributed by atoms with Crippen LogP contribution in [0.3, 0.4) is 0 Å². The van der Waals surface area contributed by atoms with E-state index in [0.717, 1.165) is 11.1 Å². The van der Waals surface area contributed by atoms with E-state index < -0.39 is 0 Å². The molecule has 2 N–H and O–H groups in total. The SMILES string of the molecule is Cc1cc(CNC=O)cc(C(=O)NC(C)C)c1. The Hall–Kier alpha value is -1.84. The van der Waals surface area contributed by atoms with E-state index >= 15 is 0 Å². The molecule has 0 aromatic heterocycles. The molecule has 1 aromatic carbocycles. The average Bonchev–Trinajstić information content (AvgIpc) is 2.24. The van der Waals surface area contributed by atoms with Crippen molar-refractivity contribution in [3.63, 3.8) is 0 Å². The molecule has 0 aliphatic heterocycles. The lowest BCUT2D eigenvalue weighted by molar-refractivity contribution is -0.109. The van der Waals surface area contributed by atoms with Gasteiger partial charge >= 0.3 is 0 Å². The van der Waals surface area contributed by atoms with E-state index in [9.17, 15) is 9.59 Å². The molecule has 4 heteroatoms. The van der Waals surface area contributed by atoms with Crippen LogP contribution < -0.4 is 10.6 Å². The zero-order valence-electron chi connectivity index (χ0n) is 10.4. The van der Waals surface area contributed by atoms with E-state index in [1.54, 1.807) is 6.07 Å². The van der Waals surface area contributed by atoms with Crippen molar-refractivity contribution in [3.8, 4) is 0 Å². The number of carbonyl (C=O) groups is 2. The van der Waals surface area contributed by atoms with Crippen LogP contribution in [0.4, 0.5) is 0 Å². The van der Waals surface area contributed by atoms with Gasteiger partial charge in [0.05, 0.1) is 0 Å². The summed E-state index contributed by atoms with van der Waals surface area (Å²) in [6, 6.07) is 5.69. The number of hydrogen-bond acceptors (Lipinski definition) is 2. The van der Waals surface area contributed by atoms with Crippen LogP contribution in [-0.2, 0) is 11.3 Å². The van der Waals surface area contributed by atoms with Gasteiger partial charge in [0.25, 0.3) is 5.91 Å². The summed E-state index contributed by atoms with van der Waals surface area (Å²) in [5.41, 5.74) is 2.55. The first kappa shape index (κ1) is 13.2. The molecule has 0 saturated heterocycles. The quantitative estimate of drug-likeness (QED) is 0.756. The molecule has 0 bridgehead atoms. The number of nitrogens with one attached hydrogen (secondary N) is 2. The maximum absolute atomic E-state index is 11.8. The Labute approximate surface area is 101 Å². The van der Waals surface area contributed by atoms with E-state index in [1.807, 2.05) is 32.9 Å². The summed E-state index contributed by atoms with van der Waals surface area (Å²) < 4.78 is 0. The smallest absolute Gasteiger partial charge is 0.251 e. The topological polar surface area (TPSA) is 58.2 Å². The Kier molecular flexibility index (Phi) is 4.69. The van der Waals surface area contributed by atoms with Crippen molar-refractivity contribution in [2.45, 2.75) is 33.4 Å². The van der Waals surface area contributed by atoms with Crippen LogP contribution in [0.15, 0.2) is 18.2 Å². The Morgan fingerprint density at radius 1 is 1.35 bits per heavy atom. The normalized spacial score (nSPS) is 10.1. The highest BCUT2D eigenvalue weighted by atomic mass is 16.1. The maximum Gasteiger partial charge on any atom is 0.251 e. The number of hydrogen-bond donors (Lipinski definition) is 2. The zero-order chi connectivity index (χ0) is 12.8. The number of rotatable bonds is 5. The molecule has 0 atom stereocenters. The third-order valence-corrected chi connectivity index (χ3v) is 2.21. The van der Waals surface area contributed by atoms with Crippen molar-refractivity contribution in [2.75, 3.05) is 0 Å². The second-order valence-electron chi connectivity index (χ2n) is 4.33. The van der Waals surface area contributed by atoms with Crippen LogP contribution >= 0.6 is 0 Å². The van der Waals surface area contributed by atoms with Crippen LogP contribution in [0, 0.1) is 6.92 Å². The van der Waals surface area contributed by atoms with Gasteiger partial charge in [0.1, 0.15) is 0 Å². The van der Waals surface area contributed by atoms with Crippen molar-refractivity contribution >= 4 is 12.3 Å². The summed E-state index contributed by atoms with van der Waals surface area (Å²) in [6.07, 6.45) is 0.649. The first-order chi connectivity index (χ1) is 8.02. The molecule has 0 spiro atoms. The van der Waals surface area contributed by atoms with Gasteiger partial charge in [0, 0.05) is 18.2 Å². The molecule has 1 aromatic rings. The molecule has 4 nitrogen and oxygen atoms in total. The molecule has 0 saturated carbocycles. The summed E-state index contributed by atoms with van der Waals surface area (Å²) >= 11 is 0. The molecule has 0 heterocycles. The minimum absolute atomic E-state index is 0.0870. The van der Waals surface area contributed by atoms with Crippen LogP contribution in [-0.4, -0.2) is 18.4 Å². The summed E-state index contributed by atoms with van der Waals surface area (Å²) in [4.78, 5) is 22.1. The minimum atomic E-state index is -0.0870. The van der Waals surface area contributed by atoms with Gasteiger partial charge in [0.2, 0.25) is 6.41 Å². The number of aryl methyl sites for hydroxylation is 1. The fourth-order valence-electron chi connectivity index (χ4n) is 1.60. The van der Waals surface area contributed by atoms with Crippen molar-refractivity contribution in [1.82, 2.24) is 10.6 Å². The van der Waals surface area contributed by atoms with Crippen molar-refractivity contribution in [2.24, 2.45) is 0 Å². The lowest BCUT2D eigenvalue weighted by Crippen LogP contribution is -2.30. The van der Waals surface area contributed by atoms with Crippen LogP contribution in [0.5, 0.6) is 0 Å². The predicted octanol–water partition coefficient (Wildman–Crippen LogP) is 1.38. The standard InChI is InChI=1S/C13H18N2O2/c1-9(2)15-13(17)12-5-10(3)4-11(6-12)7-14-8-16/h4-6,8-9H,7H2,1-3H3,(H,14,16)(H,15,17). The second-order valence-corrected chi connectivity index (χ2v) is 4.33. The lowest BCUT2D eigenvalue weighted by atomic mass is 10.1. The lowest BCUT2D eigenvalue weighted by Gasteiger charge is -2.10. The third kappa shape index (κ3) is 4.26. The molecule has 0 aliphatic rings. The van der Waals surface area contributed by atoms with Crippen molar-refractivity contribution in [1.29, 1.82) is 0 Å². The first-order valence-electron chi connectivity index (χ1n) is 5.61. The van der Waals surface area contributed by atoms with E-state index in [-0.39, 0.29) is 11.9 Å². The van der Waals surface area contributed by atoms with Gasteiger partial charge in [0.15, 0.2) is 0 Å². The number of amides is 2. The fourth-order valence-corrected chi connectivity index (χ4v) is 1.60. The van der Waals surface area contributed by atoms with Crippen LogP contribution in [0.25, 0.3) is 0 Å². The Morgan fingerprint density at radius 2 is 2.06 bits per heavy atom.